The monoisotopic (exact) mass is 327 g/mol. The molecule has 0 unspecified atom stereocenters. The Hall–Kier alpha value is -2.60. The first-order valence-electron chi connectivity index (χ1n) is 7.30. The molecule has 6 heteroatoms. The largest absolute Gasteiger partial charge is 0.345 e. The van der Waals surface area contributed by atoms with E-state index in [9.17, 15) is 8.42 Å². The summed E-state index contributed by atoms with van der Waals surface area (Å²) in [4.78, 5) is 7.42. The molecular formula is C17H17N3O2S. The Morgan fingerprint density at radius 2 is 1.74 bits per heavy atom. The molecule has 0 aliphatic heterocycles. The predicted molar refractivity (Wildman–Crippen MR) is 90.7 cm³/mol. The minimum absolute atomic E-state index is 0.254. The Morgan fingerprint density at radius 1 is 1.04 bits per heavy atom. The van der Waals surface area contributed by atoms with E-state index in [1.165, 1.54) is 0 Å². The van der Waals surface area contributed by atoms with E-state index in [0.717, 1.165) is 23.4 Å². The average Bonchev–Trinajstić information content (AvgIpc) is 3.10. The van der Waals surface area contributed by atoms with Gasteiger partial charge >= 0.3 is 0 Å². The van der Waals surface area contributed by atoms with Crippen molar-refractivity contribution in [3.63, 3.8) is 0 Å². The topological polar surface area (TPSA) is 74.8 Å². The molecule has 3 rings (SSSR count). The Labute approximate surface area is 135 Å². The van der Waals surface area contributed by atoms with Gasteiger partial charge in [0, 0.05) is 23.6 Å². The summed E-state index contributed by atoms with van der Waals surface area (Å²) in [5, 5.41) is 0. The van der Waals surface area contributed by atoms with Gasteiger partial charge in [-0.25, -0.2) is 13.4 Å². The maximum absolute atomic E-state index is 12.4. The number of aromatic nitrogens is 2. The van der Waals surface area contributed by atoms with Crippen molar-refractivity contribution in [2.75, 3.05) is 4.72 Å². The number of aryl methyl sites for hydroxylation is 1. The molecule has 118 valence electrons. The van der Waals surface area contributed by atoms with E-state index in [2.05, 4.69) is 14.7 Å². The van der Waals surface area contributed by atoms with Gasteiger partial charge in [0.05, 0.1) is 4.90 Å². The highest BCUT2D eigenvalue weighted by atomic mass is 32.2. The number of anilines is 1. The summed E-state index contributed by atoms with van der Waals surface area (Å²) >= 11 is 0. The van der Waals surface area contributed by atoms with E-state index in [0.29, 0.717) is 5.69 Å². The van der Waals surface area contributed by atoms with Gasteiger partial charge in [-0.3, -0.25) is 4.72 Å². The summed E-state index contributed by atoms with van der Waals surface area (Å²) in [7, 11) is -3.58. The average molecular weight is 327 g/mol. The second-order valence-electron chi connectivity index (χ2n) is 5.12. The van der Waals surface area contributed by atoms with Crippen LogP contribution >= 0.6 is 0 Å². The lowest BCUT2D eigenvalue weighted by atomic mass is 10.2. The normalized spacial score (nSPS) is 11.3. The highest BCUT2D eigenvalue weighted by Gasteiger charge is 2.14. The summed E-state index contributed by atoms with van der Waals surface area (Å²) in [5.41, 5.74) is 2.51. The number of benzene rings is 2. The highest BCUT2D eigenvalue weighted by Crippen LogP contribution is 2.20. The van der Waals surface area contributed by atoms with E-state index in [1.54, 1.807) is 36.7 Å². The van der Waals surface area contributed by atoms with Gasteiger partial charge in [0.1, 0.15) is 5.82 Å². The summed E-state index contributed by atoms with van der Waals surface area (Å²) in [6.07, 6.45) is 4.29. The van der Waals surface area contributed by atoms with E-state index < -0.39 is 10.0 Å². The lowest BCUT2D eigenvalue weighted by Crippen LogP contribution is -2.12. The summed E-state index contributed by atoms with van der Waals surface area (Å²) in [5.74, 6) is 0.745. The molecule has 0 aliphatic rings. The van der Waals surface area contributed by atoms with Crippen LogP contribution in [-0.2, 0) is 16.4 Å². The van der Waals surface area contributed by atoms with Crippen LogP contribution in [0.15, 0.2) is 65.8 Å². The number of aromatic amines is 1. The number of nitrogens with one attached hydrogen (secondary N) is 2. The third-order valence-electron chi connectivity index (χ3n) is 3.55. The van der Waals surface area contributed by atoms with E-state index in [4.69, 9.17) is 0 Å². The number of hydrogen-bond donors (Lipinski definition) is 2. The van der Waals surface area contributed by atoms with Crippen molar-refractivity contribution in [3.8, 4) is 11.4 Å². The Morgan fingerprint density at radius 3 is 2.30 bits per heavy atom. The molecular weight excluding hydrogens is 310 g/mol. The fourth-order valence-corrected chi connectivity index (χ4v) is 3.30. The molecule has 2 aromatic carbocycles. The first-order chi connectivity index (χ1) is 11.1. The number of H-pyrrole nitrogens is 1. The zero-order valence-corrected chi connectivity index (χ0v) is 13.5. The number of hydrogen-bond acceptors (Lipinski definition) is 3. The van der Waals surface area contributed by atoms with Gasteiger partial charge in [-0.2, -0.15) is 0 Å². The van der Waals surface area contributed by atoms with Gasteiger partial charge in [0.25, 0.3) is 10.0 Å². The molecule has 0 saturated heterocycles. The third kappa shape index (κ3) is 3.43. The maximum Gasteiger partial charge on any atom is 0.261 e. The summed E-state index contributed by atoms with van der Waals surface area (Å²) in [6.45, 7) is 2.03. The number of sulfonamides is 1. The zero-order chi connectivity index (χ0) is 16.3. The lowest BCUT2D eigenvalue weighted by Gasteiger charge is -2.09. The zero-order valence-electron chi connectivity index (χ0n) is 12.7. The van der Waals surface area contributed by atoms with Crippen molar-refractivity contribution in [1.29, 1.82) is 0 Å². The SMILES string of the molecule is CCc1ccc(S(=O)(=O)Nc2ccc(-c3ncc[nH]3)cc2)cc1. The molecule has 0 atom stereocenters. The Balaban J connectivity index is 1.79. The summed E-state index contributed by atoms with van der Waals surface area (Å²) < 4.78 is 27.4. The van der Waals surface area contributed by atoms with Crippen molar-refractivity contribution in [3.05, 3.63) is 66.5 Å². The second kappa shape index (κ2) is 6.26. The molecule has 0 radical (unpaired) electrons. The van der Waals surface area contributed by atoms with Crippen LogP contribution < -0.4 is 4.72 Å². The van der Waals surface area contributed by atoms with E-state index in [1.807, 2.05) is 31.2 Å². The molecule has 23 heavy (non-hydrogen) atoms. The first kappa shape index (κ1) is 15.3. The van der Waals surface area contributed by atoms with Crippen molar-refractivity contribution >= 4 is 15.7 Å². The molecule has 5 nitrogen and oxygen atoms in total. The van der Waals surface area contributed by atoms with Crippen LogP contribution in [0, 0.1) is 0 Å². The van der Waals surface area contributed by atoms with Crippen LogP contribution in [0.25, 0.3) is 11.4 Å². The molecule has 1 aromatic heterocycles. The third-order valence-corrected chi connectivity index (χ3v) is 4.95. The standard InChI is InChI=1S/C17H17N3O2S/c1-2-13-3-9-16(10-4-13)23(21,22)20-15-7-5-14(6-8-15)17-18-11-12-19-17/h3-12,20H,2H2,1H3,(H,18,19). The fraction of sp³-hybridized carbons (Fsp3) is 0.118. The van der Waals surface area contributed by atoms with Gasteiger partial charge in [0.2, 0.25) is 0 Å². The van der Waals surface area contributed by atoms with Gasteiger partial charge in [-0.15, -0.1) is 0 Å². The van der Waals surface area contributed by atoms with Crippen LogP contribution in [0.3, 0.4) is 0 Å². The number of rotatable bonds is 5. The molecule has 0 fully saturated rings. The molecule has 0 amide bonds. The quantitative estimate of drug-likeness (QED) is 0.754. The Bertz CT molecular complexity index is 869. The van der Waals surface area contributed by atoms with E-state index >= 15 is 0 Å². The van der Waals surface area contributed by atoms with Crippen molar-refractivity contribution < 1.29 is 8.42 Å². The number of nitrogens with zero attached hydrogens (tertiary/aromatic N) is 1. The van der Waals surface area contributed by atoms with Crippen LogP contribution in [0.4, 0.5) is 5.69 Å². The first-order valence-corrected chi connectivity index (χ1v) is 8.78. The fourth-order valence-electron chi connectivity index (χ4n) is 2.24. The molecule has 0 saturated carbocycles. The molecule has 0 aliphatic carbocycles. The Kier molecular flexibility index (Phi) is 4.16. The van der Waals surface area contributed by atoms with Gasteiger partial charge in [-0.1, -0.05) is 19.1 Å². The van der Waals surface area contributed by atoms with Crippen LogP contribution in [0.5, 0.6) is 0 Å². The maximum atomic E-state index is 12.4. The van der Waals surface area contributed by atoms with Gasteiger partial charge < -0.3 is 4.98 Å². The molecule has 1 heterocycles. The van der Waals surface area contributed by atoms with Crippen molar-refractivity contribution in [2.45, 2.75) is 18.2 Å². The molecule has 2 N–H and O–H groups in total. The van der Waals surface area contributed by atoms with Crippen molar-refractivity contribution in [1.82, 2.24) is 9.97 Å². The molecule has 0 bridgehead atoms. The highest BCUT2D eigenvalue weighted by molar-refractivity contribution is 7.92. The van der Waals surface area contributed by atoms with Crippen LogP contribution in [0.1, 0.15) is 12.5 Å². The van der Waals surface area contributed by atoms with Gasteiger partial charge in [-0.05, 0) is 48.4 Å². The van der Waals surface area contributed by atoms with Gasteiger partial charge in [0.15, 0.2) is 0 Å². The lowest BCUT2D eigenvalue weighted by molar-refractivity contribution is 0.601. The molecule has 0 spiro atoms. The van der Waals surface area contributed by atoms with Crippen LogP contribution in [0.2, 0.25) is 0 Å². The second-order valence-corrected chi connectivity index (χ2v) is 6.80. The summed E-state index contributed by atoms with van der Waals surface area (Å²) in [6, 6.07) is 14.0. The smallest absolute Gasteiger partial charge is 0.261 e. The predicted octanol–water partition coefficient (Wildman–Crippen LogP) is 3.44. The van der Waals surface area contributed by atoms with E-state index in [-0.39, 0.29) is 4.90 Å². The minimum Gasteiger partial charge on any atom is -0.345 e. The molecule has 3 aromatic rings. The number of imidazole rings is 1. The van der Waals surface area contributed by atoms with Crippen molar-refractivity contribution in [2.24, 2.45) is 0 Å². The minimum atomic E-state index is -3.58. The van der Waals surface area contributed by atoms with Crippen LogP contribution in [-0.4, -0.2) is 18.4 Å².